The van der Waals surface area contributed by atoms with Crippen LogP contribution in [0.4, 0.5) is 0 Å². The summed E-state index contributed by atoms with van der Waals surface area (Å²) in [6, 6.07) is 17.2. The van der Waals surface area contributed by atoms with Gasteiger partial charge in [0.25, 0.3) is 0 Å². The Bertz CT molecular complexity index is 965. The Morgan fingerprint density at radius 3 is 2.07 bits per heavy atom. The summed E-state index contributed by atoms with van der Waals surface area (Å²) < 4.78 is 5.38. The van der Waals surface area contributed by atoms with E-state index in [1.165, 1.54) is 4.90 Å². The van der Waals surface area contributed by atoms with Crippen molar-refractivity contribution in [1.82, 2.24) is 4.90 Å². The molecule has 1 aliphatic heterocycles. The number of carbonyl (C=O) groups is 3. The third-order valence-corrected chi connectivity index (χ3v) is 6.29. The van der Waals surface area contributed by atoms with E-state index in [9.17, 15) is 14.4 Å². The number of carbonyl (C=O) groups excluding carboxylic acids is 3. The Balaban J connectivity index is 1.18. The lowest BCUT2D eigenvalue weighted by atomic mass is 9.85. The Kier molecular flexibility index (Phi) is 4.31. The van der Waals surface area contributed by atoms with Gasteiger partial charge in [-0.3, -0.25) is 19.3 Å². The van der Waals surface area contributed by atoms with Crippen LogP contribution in [-0.4, -0.2) is 29.2 Å². The summed E-state index contributed by atoms with van der Waals surface area (Å²) in [6.45, 7) is 0.0883. The molecule has 0 N–H and O–H groups in total. The van der Waals surface area contributed by atoms with Gasteiger partial charge in [-0.1, -0.05) is 54.6 Å². The first-order valence-corrected chi connectivity index (χ1v) is 10.0. The fourth-order valence-corrected chi connectivity index (χ4v) is 4.92. The molecule has 1 heterocycles. The van der Waals surface area contributed by atoms with E-state index in [1.807, 2.05) is 42.5 Å². The monoisotopic (exact) mass is 387 g/mol. The summed E-state index contributed by atoms with van der Waals surface area (Å²) in [7, 11) is 0. The summed E-state index contributed by atoms with van der Waals surface area (Å²) in [5.74, 6) is -0.334. The van der Waals surface area contributed by atoms with Crippen LogP contribution < -0.4 is 4.74 Å². The van der Waals surface area contributed by atoms with Crippen LogP contribution in [0.15, 0.2) is 66.7 Å². The molecule has 29 heavy (non-hydrogen) atoms. The molecule has 2 bridgehead atoms. The summed E-state index contributed by atoms with van der Waals surface area (Å²) in [5, 5.41) is 0. The molecule has 2 fully saturated rings. The molecule has 5 rings (SSSR count). The Morgan fingerprint density at radius 2 is 1.45 bits per heavy atom. The van der Waals surface area contributed by atoms with Crippen LogP contribution in [0.25, 0.3) is 11.1 Å². The number of likely N-dealkylation sites (tertiary alicyclic amines) is 1. The van der Waals surface area contributed by atoms with Gasteiger partial charge < -0.3 is 4.74 Å². The minimum absolute atomic E-state index is 0.000118. The van der Waals surface area contributed by atoms with E-state index in [2.05, 4.69) is 12.2 Å². The maximum absolute atomic E-state index is 12.6. The molecule has 5 nitrogen and oxygen atoms in total. The maximum Gasteiger partial charge on any atom is 0.312 e. The predicted molar refractivity (Wildman–Crippen MR) is 107 cm³/mol. The minimum atomic E-state index is -0.448. The molecule has 0 spiro atoms. The Morgan fingerprint density at radius 1 is 0.862 bits per heavy atom. The van der Waals surface area contributed by atoms with Crippen molar-refractivity contribution in [1.29, 1.82) is 0 Å². The van der Waals surface area contributed by atoms with Gasteiger partial charge in [-0.25, -0.2) is 0 Å². The first-order chi connectivity index (χ1) is 14.1. The quantitative estimate of drug-likeness (QED) is 0.341. The zero-order valence-electron chi connectivity index (χ0n) is 15.9. The van der Waals surface area contributed by atoms with E-state index in [0.717, 1.165) is 17.5 Å². The van der Waals surface area contributed by atoms with Gasteiger partial charge in [-0.05, 0) is 41.5 Å². The number of benzene rings is 2. The minimum Gasteiger partial charge on any atom is -0.426 e. The Hall–Kier alpha value is -3.21. The van der Waals surface area contributed by atoms with E-state index in [0.29, 0.717) is 5.75 Å². The average Bonchev–Trinajstić information content (AvgIpc) is 3.42. The standard InChI is InChI=1S/C24H21NO4/c26-20(29-19-10-8-16(9-11-19)15-4-2-1-3-5-15)12-13-25-23(27)21-17-6-7-18(14-17)22(21)24(25)28/h1-11,17-18,21-22H,12-14H2/t17-,18-,21-,22-/m0/s1. The zero-order valence-corrected chi connectivity index (χ0v) is 15.9. The van der Waals surface area contributed by atoms with E-state index < -0.39 is 5.97 Å². The number of rotatable bonds is 5. The van der Waals surface area contributed by atoms with E-state index >= 15 is 0 Å². The van der Waals surface area contributed by atoms with Gasteiger partial charge in [-0.2, -0.15) is 0 Å². The van der Waals surface area contributed by atoms with Crippen molar-refractivity contribution in [2.45, 2.75) is 12.8 Å². The molecule has 1 saturated carbocycles. The molecule has 2 amide bonds. The fourth-order valence-electron chi connectivity index (χ4n) is 4.92. The lowest BCUT2D eigenvalue weighted by Crippen LogP contribution is -2.35. The second-order valence-electron chi connectivity index (χ2n) is 7.94. The van der Waals surface area contributed by atoms with Gasteiger partial charge >= 0.3 is 5.97 Å². The molecule has 0 aromatic heterocycles. The maximum atomic E-state index is 12.6. The van der Waals surface area contributed by atoms with Gasteiger partial charge in [0.15, 0.2) is 0 Å². The van der Waals surface area contributed by atoms with Gasteiger partial charge in [0.1, 0.15) is 5.75 Å². The molecular formula is C24H21NO4. The SMILES string of the molecule is O=C(CCN1C(=O)[C@@H]2[C@@H](C1=O)[C@H]1C=C[C@H]2C1)Oc1ccc(-c2ccccc2)cc1. The molecule has 5 heteroatoms. The topological polar surface area (TPSA) is 63.7 Å². The molecule has 4 atom stereocenters. The zero-order chi connectivity index (χ0) is 20.0. The smallest absolute Gasteiger partial charge is 0.312 e. The molecule has 0 unspecified atom stereocenters. The second-order valence-corrected chi connectivity index (χ2v) is 7.94. The van der Waals surface area contributed by atoms with Crippen LogP contribution >= 0.6 is 0 Å². The van der Waals surface area contributed by atoms with Crippen molar-refractivity contribution in [2.75, 3.05) is 6.54 Å². The number of imide groups is 1. The first-order valence-electron chi connectivity index (χ1n) is 10.0. The van der Waals surface area contributed by atoms with Gasteiger partial charge in [-0.15, -0.1) is 0 Å². The highest BCUT2D eigenvalue weighted by Gasteiger charge is 2.59. The molecule has 0 radical (unpaired) electrons. The predicted octanol–water partition coefficient (Wildman–Crippen LogP) is 3.46. The van der Waals surface area contributed by atoms with E-state index in [1.54, 1.807) is 12.1 Å². The molecule has 2 aromatic carbocycles. The van der Waals surface area contributed by atoms with Crippen molar-refractivity contribution in [3.8, 4) is 16.9 Å². The van der Waals surface area contributed by atoms with Crippen LogP contribution in [0.3, 0.4) is 0 Å². The number of hydrogen-bond donors (Lipinski definition) is 0. The van der Waals surface area contributed by atoms with Crippen molar-refractivity contribution in [3.05, 3.63) is 66.7 Å². The van der Waals surface area contributed by atoms with Crippen LogP contribution in [-0.2, 0) is 14.4 Å². The molecule has 2 aliphatic carbocycles. The number of hydrogen-bond acceptors (Lipinski definition) is 4. The lowest BCUT2D eigenvalue weighted by molar-refractivity contribution is -0.142. The van der Waals surface area contributed by atoms with Crippen LogP contribution in [0.2, 0.25) is 0 Å². The van der Waals surface area contributed by atoms with Crippen molar-refractivity contribution < 1.29 is 19.1 Å². The highest BCUT2D eigenvalue weighted by molar-refractivity contribution is 6.06. The largest absolute Gasteiger partial charge is 0.426 e. The number of esters is 1. The van der Waals surface area contributed by atoms with Crippen molar-refractivity contribution in [3.63, 3.8) is 0 Å². The van der Waals surface area contributed by atoms with Crippen LogP contribution in [0, 0.1) is 23.7 Å². The molecule has 146 valence electrons. The molecule has 3 aliphatic rings. The number of nitrogens with zero attached hydrogens (tertiary/aromatic N) is 1. The van der Waals surface area contributed by atoms with E-state index in [-0.39, 0.29) is 48.5 Å². The molecular weight excluding hydrogens is 366 g/mol. The molecule has 2 aromatic rings. The Labute approximate surface area is 169 Å². The van der Waals surface area contributed by atoms with E-state index in [4.69, 9.17) is 4.74 Å². The normalized spacial score (nSPS) is 26.8. The highest BCUT2D eigenvalue weighted by Crippen LogP contribution is 2.52. The summed E-state index contributed by atoms with van der Waals surface area (Å²) in [6.07, 6.45) is 5.03. The molecule has 1 saturated heterocycles. The average molecular weight is 387 g/mol. The van der Waals surface area contributed by atoms with Gasteiger partial charge in [0.05, 0.1) is 18.3 Å². The first kappa shape index (κ1) is 17.9. The summed E-state index contributed by atoms with van der Waals surface area (Å²) >= 11 is 0. The number of allylic oxidation sites excluding steroid dienone is 2. The highest BCUT2D eigenvalue weighted by atomic mass is 16.5. The third-order valence-electron chi connectivity index (χ3n) is 6.29. The van der Waals surface area contributed by atoms with Crippen LogP contribution in [0.5, 0.6) is 5.75 Å². The summed E-state index contributed by atoms with van der Waals surface area (Å²) in [4.78, 5) is 38.8. The number of ether oxygens (including phenoxy) is 1. The second kappa shape index (κ2) is 6.99. The van der Waals surface area contributed by atoms with Crippen molar-refractivity contribution in [2.24, 2.45) is 23.7 Å². The fraction of sp³-hybridized carbons (Fsp3) is 0.292. The number of fused-ring (bicyclic) bond motifs is 5. The third kappa shape index (κ3) is 3.07. The van der Waals surface area contributed by atoms with Gasteiger partial charge in [0, 0.05) is 6.54 Å². The van der Waals surface area contributed by atoms with Crippen molar-refractivity contribution >= 4 is 17.8 Å². The lowest BCUT2D eigenvalue weighted by Gasteiger charge is -2.16. The number of amides is 2. The van der Waals surface area contributed by atoms with Crippen LogP contribution in [0.1, 0.15) is 12.8 Å². The summed E-state index contributed by atoms with van der Waals surface area (Å²) in [5.41, 5.74) is 2.12. The van der Waals surface area contributed by atoms with Gasteiger partial charge in [0.2, 0.25) is 11.8 Å².